The molecular weight excluding hydrogens is 494 g/mol. The minimum atomic E-state index is -0.117. The van der Waals surface area contributed by atoms with Crippen molar-refractivity contribution in [1.29, 1.82) is 0 Å². The lowest BCUT2D eigenvalue weighted by atomic mass is 10.0. The zero-order valence-corrected chi connectivity index (χ0v) is 21.5. The first-order chi connectivity index (χ1) is 18.0. The van der Waals surface area contributed by atoms with E-state index in [2.05, 4.69) is 32.4 Å². The molecule has 1 aromatic carbocycles. The van der Waals surface area contributed by atoms with Crippen LogP contribution in [0.25, 0.3) is 33.5 Å². The van der Waals surface area contributed by atoms with Gasteiger partial charge in [-0.1, -0.05) is 28.9 Å². The van der Waals surface area contributed by atoms with E-state index in [0.29, 0.717) is 39.5 Å². The summed E-state index contributed by atoms with van der Waals surface area (Å²) >= 11 is 6.72. The maximum absolute atomic E-state index is 14.0. The first-order valence-electron chi connectivity index (χ1n) is 12.5. The summed E-state index contributed by atoms with van der Waals surface area (Å²) < 4.78 is 12.4. The number of anilines is 1. The molecule has 0 aliphatic carbocycles. The molecule has 4 aromatic rings. The molecule has 1 N–H and O–H groups in total. The van der Waals surface area contributed by atoms with Crippen molar-refractivity contribution in [2.75, 3.05) is 38.7 Å². The molecule has 192 valence electrons. The van der Waals surface area contributed by atoms with E-state index in [1.165, 1.54) is 0 Å². The molecule has 37 heavy (non-hydrogen) atoms. The van der Waals surface area contributed by atoms with Gasteiger partial charge in [-0.3, -0.25) is 9.36 Å². The van der Waals surface area contributed by atoms with Crippen LogP contribution in [-0.2, 0) is 4.74 Å². The minimum Gasteiger partial charge on any atom is -0.381 e. The third-order valence-corrected chi connectivity index (χ3v) is 7.42. The first-order valence-corrected chi connectivity index (χ1v) is 12.9. The number of aromatic nitrogens is 5. The molecule has 1 unspecified atom stereocenters. The highest BCUT2D eigenvalue weighted by Crippen LogP contribution is 2.33. The highest BCUT2D eigenvalue weighted by molar-refractivity contribution is 6.33. The monoisotopic (exact) mass is 521 g/mol. The van der Waals surface area contributed by atoms with Gasteiger partial charge in [0, 0.05) is 66.0 Å². The van der Waals surface area contributed by atoms with E-state index in [1.807, 2.05) is 22.8 Å². The highest BCUT2D eigenvalue weighted by Gasteiger charge is 2.27. The predicted octanol–water partition coefficient (Wildman–Crippen LogP) is 3.94. The van der Waals surface area contributed by atoms with Crippen LogP contribution in [0, 0.1) is 6.92 Å². The van der Waals surface area contributed by atoms with Gasteiger partial charge in [0.05, 0.1) is 6.04 Å². The molecule has 0 radical (unpaired) electrons. The standard InChI is InChI=1S/C26H28ClN7O3/c1-15-29-23(32-37-15)16-3-4-20(22(27)12-16)21-11-17-13-28-26(30-18-6-9-36-10-7-18)31-24(17)34(25(21)35)19-5-8-33(2)14-19/h3-4,11-13,18-19H,5-10,14H2,1-2H3,(H,28,30,31). The van der Waals surface area contributed by atoms with Crippen molar-refractivity contribution in [1.82, 2.24) is 29.6 Å². The maximum atomic E-state index is 14.0. The second-order valence-corrected chi connectivity index (χ2v) is 10.2. The minimum absolute atomic E-state index is 0.00568. The van der Waals surface area contributed by atoms with Crippen LogP contribution in [0.15, 0.2) is 39.8 Å². The number of halogens is 1. The third-order valence-electron chi connectivity index (χ3n) is 7.10. The fourth-order valence-corrected chi connectivity index (χ4v) is 5.44. The van der Waals surface area contributed by atoms with Crippen molar-refractivity contribution in [2.45, 2.75) is 38.3 Å². The Morgan fingerprint density at radius 1 is 1.11 bits per heavy atom. The molecule has 11 heteroatoms. The van der Waals surface area contributed by atoms with Crippen molar-refractivity contribution in [3.8, 4) is 22.5 Å². The highest BCUT2D eigenvalue weighted by atomic mass is 35.5. The van der Waals surface area contributed by atoms with Crippen LogP contribution < -0.4 is 10.9 Å². The molecule has 2 fully saturated rings. The number of rotatable bonds is 5. The zero-order valence-electron chi connectivity index (χ0n) is 20.8. The molecule has 2 aliphatic rings. The number of likely N-dealkylation sites (N-methyl/N-ethyl adjacent to an activating group) is 1. The largest absolute Gasteiger partial charge is 0.381 e. The van der Waals surface area contributed by atoms with Gasteiger partial charge in [-0.15, -0.1) is 0 Å². The van der Waals surface area contributed by atoms with E-state index in [1.54, 1.807) is 19.2 Å². The summed E-state index contributed by atoms with van der Waals surface area (Å²) in [7, 11) is 2.07. The quantitative estimate of drug-likeness (QED) is 0.417. The number of nitrogens with one attached hydrogen (secondary N) is 1. The van der Waals surface area contributed by atoms with Crippen LogP contribution in [0.1, 0.15) is 31.2 Å². The van der Waals surface area contributed by atoms with Crippen LogP contribution in [0.4, 0.5) is 5.95 Å². The Bertz CT molecular complexity index is 1510. The first kappa shape index (κ1) is 24.0. The molecular formula is C26H28ClN7O3. The van der Waals surface area contributed by atoms with Crippen LogP contribution in [0.3, 0.4) is 0 Å². The molecule has 2 aliphatic heterocycles. The predicted molar refractivity (Wildman–Crippen MR) is 141 cm³/mol. The lowest BCUT2D eigenvalue weighted by molar-refractivity contribution is 0.0903. The Labute approximate surface area is 218 Å². The van der Waals surface area contributed by atoms with Crippen molar-refractivity contribution < 1.29 is 9.26 Å². The van der Waals surface area contributed by atoms with Gasteiger partial charge in [0.1, 0.15) is 5.65 Å². The van der Waals surface area contributed by atoms with E-state index >= 15 is 0 Å². The van der Waals surface area contributed by atoms with Gasteiger partial charge in [-0.25, -0.2) is 4.98 Å². The topological polar surface area (TPSA) is 111 Å². The Kier molecular flexibility index (Phi) is 6.39. The van der Waals surface area contributed by atoms with Gasteiger partial charge in [0.25, 0.3) is 5.56 Å². The molecule has 2 saturated heterocycles. The van der Waals surface area contributed by atoms with Crippen molar-refractivity contribution in [3.05, 3.63) is 51.7 Å². The second kappa shape index (κ2) is 9.85. The Morgan fingerprint density at radius 3 is 2.65 bits per heavy atom. The number of likely N-dealkylation sites (tertiary alicyclic amines) is 1. The summed E-state index contributed by atoms with van der Waals surface area (Å²) in [4.78, 5) is 29.9. The zero-order chi connectivity index (χ0) is 25.5. The van der Waals surface area contributed by atoms with E-state index in [-0.39, 0.29) is 17.6 Å². The number of nitrogens with zero attached hydrogens (tertiary/aromatic N) is 6. The SMILES string of the molecule is Cc1nc(-c2ccc(-c3cc4cnc(NC5CCOCC5)nc4n(C4CCN(C)C4)c3=O)c(Cl)c2)no1. The van der Waals surface area contributed by atoms with Crippen LogP contribution in [-0.4, -0.2) is 69.0 Å². The number of ether oxygens (including phenoxy) is 1. The normalized spacial score (nSPS) is 19.1. The average Bonchev–Trinajstić information content (AvgIpc) is 3.52. The van der Waals surface area contributed by atoms with E-state index in [0.717, 1.165) is 56.5 Å². The van der Waals surface area contributed by atoms with Crippen molar-refractivity contribution in [3.63, 3.8) is 0 Å². The summed E-state index contributed by atoms with van der Waals surface area (Å²) in [5.74, 6) is 1.46. The number of hydrogen-bond acceptors (Lipinski definition) is 9. The Morgan fingerprint density at radius 2 is 1.95 bits per heavy atom. The van der Waals surface area contributed by atoms with Crippen LogP contribution in [0.5, 0.6) is 0 Å². The molecule has 0 bridgehead atoms. The van der Waals surface area contributed by atoms with Gasteiger partial charge in [-0.2, -0.15) is 9.97 Å². The summed E-state index contributed by atoms with van der Waals surface area (Å²) in [6.07, 6.45) is 4.45. The van der Waals surface area contributed by atoms with E-state index in [4.69, 9.17) is 25.8 Å². The van der Waals surface area contributed by atoms with Gasteiger partial charge >= 0.3 is 0 Å². The summed E-state index contributed by atoms with van der Waals surface area (Å²) in [6, 6.07) is 7.54. The lowest BCUT2D eigenvalue weighted by Gasteiger charge is -2.23. The molecule has 5 heterocycles. The van der Waals surface area contributed by atoms with Gasteiger partial charge in [0.15, 0.2) is 0 Å². The van der Waals surface area contributed by atoms with Crippen LogP contribution in [0.2, 0.25) is 5.02 Å². The van der Waals surface area contributed by atoms with Crippen LogP contribution >= 0.6 is 11.6 Å². The fourth-order valence-electron chi connectivity index (χ4n) is 5.16. The Balaban J connectivity index is 1.45. The molecule has 1 atom stereocenters. The molecule has 0 saturated carbocycles. The number of aryl methyl sites for hydroxylation is 1. The summed E-state index contributed by atoms with van der Waals surface area (Å²) in [5.41, 5.74) is 2.39. The number of fused-ring (bicyclic) bond motifs is 1. The van der Waals surface area contributed by atoms with Crippen molar-refractivity contribution >= 4 is 28.6 Å². The lowest BCUT2D eigenvalue weighted by Crippen LogP contribution is -2.30. The molecule has 0 spiro atoms. The molecule has 0 amide bonds. The molecule has 3 aromatic heterocycles. The number of pyridine rings is 1. The number of benzene rings is 1. The van der Waals surface area contributed by atoms with Gasteiger partial charge < -0.3 is 19.5 Å². The summed E-state index contributed by atoms with van der Waals surface area (Å²) in [6.45, 7) is 4.87. The van der Waals surface area contributed by atoms with E-state index < -0.39 is 0 Å². The average molecular weight is 522 g/mol. The van der Waals surface area contributed by atoms with Crippen molar-refractivity contribution in [2.24, 2.45) is 0 Å². The third kappa shape index (κ3) is 4.72. The molecule has 10 nitrogen and oxygen atoms in total. The molecule has 6 rings (SSSR count). The second-order valence-electron chi connectivity index (χ2n) is 9.77. The van der Waals surface area contributed by atoms with E-state index in [9.17, 15) is 4.79 Å². The number of hydrogen-bond donors (Lipinski definition) is 1. The van der Waals surface area contributed by atoms with Gasteiger partial charge in [0.2, 0.25) is 17.7 Å². The van der Waals surface area contributed by atoms with Gasteiger partial charge in [-0.05, 0) is 45.0 Å². The maximum Gasteiger partial charge on any atom is 0.260 e. The summed E-state index contributed by atoms with van der Waals surface area (Å²) in [5, 5.41) is 8.62. The smallest absolute Gasteiger partial charge is 0.260 e. The fraction of sp³-hybridized carbons (Fsp3) is 0.423. The Hall–Kier alpha value is -3.34.